The van der Waals surface area contributed by atoms with Gasteiger partial charge in [-0.25, -0.2) is 4.98 Å². The topological polar surface area (TPSA) is 78.7 Å². The zero-order chi connectivity index (χ0) is 19.7. The van der Waals surface area contributed by atoms with Gasteiger partial charge in [0.25, 0.3) is 5.56 Å². The highest BCUT2D eigenvalue weighted by Gasteiger charge is 2.17. The molecule has 0 spiro atoms. The summed E-state index contributed by atoms with van der Waals surface area (Å²) in [6.07, 6.45) is 3.51. The number of hydrogen-bond acceptors (Lipinski definition) is 4. The molecule has 138 valence electrons. The number of aryl methyl sites for hydroxylation is 1. The summed E-state index contributed by atoms with van der Waals surface area (Å²) in [4.78, 5) is 18.2. The molecule has 0 aliphatic heterocycles. The highest BCUT2D eigenvalue weighted by molar-refractivity contribution is 5.85. The van der Waals surface area contributed by atoms with Crippen LogP contribution in [0.4, 0.5) is 0 Å². The zero-order valence-electron chi connectivity index (χ0n) is 15.6. The van der Waals surface area contributed by atoms with Gasteiger partial charge in [0.15, 0.2) is 0 Å². The Balaban J connectivity index is 2.00. The van der Waals surface area contributed by atoms with Crippen LogP contribution in [0.5, 0.6) is 0 Å². The van der Waals surface area contributed by atoms with Crippen LogP contribution in [0.15, 0.2) is 65.7 Å². The van der Waals surface area contributed by atoms with Crippen molar-refractivity contribution in [2.24, 2.45) is 12.8 Å². The quantitative estimate of drug-likeness (QED) is 0.551. The molecular weight excluding hydrogens is 350 g/mol. The monoisotopic (exact) mass is 369 g/mol. The van der Waals surface area contributed by atoms with Gasteiger partial charge in [0, 0.05) is 18.8 Å². The molecule has 2 heterocycles. The molecule has 0 saturated carbocycles. The highest BCUT2D eigenvalue weighted by atomic mass is 16.1. The van der Waals surface area contributed by atoms with Crippen LogP contribution in [0.1, 0.15) is 29.9 Å². The maximum atomic E-state index is 13.5. The first-order valence-corrected chi connectivity index (χ1v) is 8.92. The Bertz CT molecular complexity index is 1270. The van der Waals surface area contributed by atoms with E-state index >= 15 is 0 Å². The standard InChI is InChI=1S/C22H19N5O/c1-15(23)21-25-19-10-6-7-17(12-11-16-13-24-26(2)14-16)20(19)22(28)27(21)18-8-4-3-5-9-18/h3-10,13-15H,23H2,1-2H3. The van der Waals surface area contributed by atoms with Gasteiger partial charge >= 0.3 is 0 Å². The first kappa shape index (κ1) is 17.7. The van der Waals surface area contributed by atoms with Crippen molar-refractivity contribution in [2.45, 2.75) is 13.0 Å². The van der Waals surface area contributed by atoms with Crippen molar-refractivity contribution in [3.8, 4) is 17.5 Å². The summed E-state index contributed by atoms with van der Waals surface area (Å²) in [5, 5.41) is 4.59. The van der Waals surface area contributed by atoms with E-state index in [0.29, 0.717) is 22.3 Å². The smallest absolute Gasteiger partial charge is 0.267 e. The summed E-state index contributed by atoms with van der Waals surface area (Å²) in [5.74, 6) is 6.68. The predicted molar refractivity (Wildman–Crippen MR) is 109 cm³/mol. The summed E-state index contributed by atoms with van der Waals surface area (Å²) < 4.78 is 3.26. The summed E-state index contributed by atoms with van der Waals surface area (Å²) in [6, 6.07) is 14.5. The Morgan fingerprint density at radius 2 is 1.86 bits per heavy atom. The largest absolute Gasteiger partial charge is 0.322 e. The second-order valence-electron chi connectivity index (χ2n) is 6.59. The molecule has 6 heteroatoms. The molecule has 2 N–H and O–H groups in total. The van der Waals surface area contributed by atoms with Gasteiger partial charge in [-0.15, -0.1) is 0 Å². The zero-order valence-corrected chi connectivity index (χ0v) is 15.6. The third-order valence-corrected chi connectivity index (χ3v) is 4.39. The molecule has 0 amide bonds. The lowest BCUT2D eigenvalue weighted by atomic mass is 10.1. The van der Waals surface area contributed by atoms with Crippen LogP contribution in [0.3, 0.4) is 0 Å². The lowest BCUT2D eigenvalue weighted by molar-refractivity contribution is 0.696. The third-order valence-electron chi connectivity index (χ3n) is 4.39. The first-order valence-electron chi connectivity index (χ1n) is 8.92. The molecule has 4 aromatic rings. The van der Waals surface area contributed by atoms with Gasteiger partial charge in [-0.1, -0.05) is 36.1 Å². The average molecular weight is 369 g/mol. The summed E-state index contributed by atoms with van der Waals surface area (Å²) in [6.45, 7) is 1.82. The Hall–Kier alpha value is -3.69. The van der Waals surface area contributed by atoms with E-state index < -0.39 is 6.04 Å². The van der Waals surface area contributed by atoms with Crippen LogP contribution >= 0.6 is 0 Å². The van der Waals surface area contributed by atoms with E-state index in [9.17, 15) is 4.79 Å². The maximum Gasteiger partial charge on any atom is 0.267 e. The van der Waals surface area contributed by atoms with Crippen LogP contribution in [-0.4, -0.2) is 19.3 Å². The van der Waals surface area contributed by atoms with E-state index in [1.807, 2.05) is 68.7 Å². The molecule has 0 saturated heterocycles. The Morgan fingerprint density at radius 1 is 1.07 bits per heavy atom. The minimum Gasteiger partial charge on any atom is -0.322 e. The van der Waals surface area contributed by atoms with Gasteiger partial charge in [0.1, 0.15) is 5.82 Å². The minimum absolute atomic E-state index is 0.181. The fourth-order valence-corrected chi connectivity index (χ4v) is 3.11. The molecule has 0 radical (unpaired) electrons. The van der Waals surface area contributed by atoms with Crippen molar-refractivity contribution in [3.63, 3.8) is 0 Å². The molecule has 28 heavy (non-hydrogen) atoms. The van der Waals surface area contributed by atoms with Gasteiger partial charge in [-0.3, -0.25) is 14.0 Å². The van der Waals surface area contributed by atoms with Crippen molar-refractivity contribution < 1.29 is 0 Å². The Morgan fingerprint density at radius 3 is 2.54 bits per heavy atom. The Labute approximate surface area is 162 Å². The predicted octanol–water partition coefficient (Wildman–Crippen LogP) is 2.54. The van der Waals surface area contributed by atoms with Gasteiger partial charge in [0.05, 0.1) is 34.4 Å². The van der Waals surface area contributed by atoms with Crippen molar-refractivity contribution in [1.29, 1.82) is 0 Å². The molecule has 2 aromatic heterocycles. The number of hydrogen-bond donors (Lipinski definition) is 1. The number of para-hydroxylation sites is 1. The molecule has 0 aliphatic carbocycles. The van der Waals surface area contributed by atoms with E-state index in [-0.39, 0.29) is 5.56 Å². The van der Waals surface area contributed by atoms with E-state index in [0.717, 1.165) is 11.3 Å². The number of nitrogens with zero attached hydrogens (tertiary/aromatic N) is 4. The number of aromatic nitrogens is 4. The molecule has 1 unspecified atom stereocenters. The van der Waals surface area contributed by atoms with Gasteiger partial charge in [0.2, 0.25) is 0 Å². The van der Waals surface area contributed by atoms with E-state index in [4.69, 9.17) is 5.73 Å². The maximum absolute atomic E-state index is 13.5. The average Bonchev–Trinajstić information content (AvgIpc) is 3.11. The number of benzene rings is 2. The number of nitrogens with two attached hydrogens (primary N) is 1. The first-order chi connectivity index (χ1) is 13.5. The number of rotatable bonds is 2. The fourth-order valence-electron chi connectivity index (χ4n) is 3.11. The molecule has 2 aromatic carbocycles. The summed E-state index contributed by atoms with van der Waals surface area (Å²) in [5.41, 5.74) is 8.66. The molecule has 0 fully saturated rings. The second kappa shape index (κ2) is 7.14. The second-order valence-corrected chi connectivity index (χ2v) is 6.59. The van der Waals surface area contributed by atoms with Crippen molar-refractivity contribution in [3.05, 3.63) is 88.2 Å². The molecule has 4 rings (SSSR count). The van der Waals surface area contributed by atoms with Crippen molar-refractivity contribution in [2.75, 3.05) is 0 Å². The van der Waals surface area contributed by atoms with Crippen LogP contribution in [-0.2, 0) is 7.05 Å². The normalized spacial score (nSPS) is 11.8. The van der Waals surface area contributed by atoms with Gasteiger partial charge in [-0.05, 0) is 31.2 Å². The molecule has 1 atom stereocenters. The summed E-state index contributed by atoms with van der Waals surface area (Å²) >= 11 is 0. The van der Waals surface area contributed by atoms with Crippen LogP contribution < -0.4 is 11.3 Å². The Kier molecular flexibility index (Phi) is 4.52. The van der Waals surface area contributed by atoms with E-state index in [2.05, 4.69) is 21.9 Å². The SMILES string of the molecule is CC(N)c1nc2cccc(C#Cc3cnn(C)c3)c2c(=O)n1-c1ccccc1. The lowest BCUT2D eigenvalue weighted by Crippen LogP contribution is -2.27. The van der Waals surface area contributed by atoms with Crippen LogP contribution in [0.25, 0.3) is 16.6 Å². The van der Waals surface area contributed by atoms with Crippen LogP contribution in [0, 0.1) is 11.8 Å². The van der Waals surface area contributed by atoms with E-state index in [1.54, 1.807) is 15.4 Å². The fraction of sp³-hybridized carbons (Fsp3) is 0.136. The minimum atomic E-state index is -0.401. The van der Waals surface area contributed by atoms with Crippen molar-refractivity contribution in [1.82, 2.24) is 19.3 Å². The molecule has 0 aliphatic rings. The number of fused-ring (bicyclic) bond motifs is 1. The molecule has 6 nitrogen and oxygen atoms in total. The molecule has 0 bridgehead atoms. The van der Waals surface area contributed by atoms with E-state index in [1.165, 1.54) is 0 Å². The lowest BCUT2D eigenvalue weighted by Gasteiger charge is -2.16. The third kappa shape index (κ3) is 3.20. The molecular formula is C22H19N5O. The highest BCUT2D eigenvalue weighted by Crippen LogP contribution is 2.19. The summed E-state index contributed by atoms with van der Waals surface area (Å²) in [7, 11) is 1.83. The van der Waals surface area contributed by atoms with Crippen LogP contribution in [0.2, 0.25) is 0 Å². The van der Waals surface area contributed by atoms with Gasteiger partial charge < -0.3 is 5.73 Å². The van der Waals surface area contributed by atoms with Crippen molar-refractivity contribution >= 4 is 10.9 Å². The van der Waals surface area contributed by atoms with Gasteiger partial charge in [-0.2, -0.15) is 5.10 Å².